The summed E-state index contributed by atoms with van der Waals surface area (Å²) in [5, 5.41) is 48.9. The van der Waals surface area contributed by atoms with Gasteiger partial charge in [-0.15, -0.1) is 0 Å². The second-order valence-electron chi connectivity index (χ2n) is 19.2. The molecule has 5 rings (SSSR count). The van der Waals surface area contributed by atoms with E-state index in [1.807, 2.05) is 41.1 Å². The van der Waals surface area contributed by atoms with E-state index in [4.69, 9.17) is 71.5 Å². The van der Waals surface area contributed by atoms with Crippen molar-refractivity contribution in [2.24, 2.45) is 17.2 Å². The number of amides is 5. The fourth-order valence-corrected chi connectivity index (χ4v) is 9.28. The molecule has 0 spiro atoms. The lowest BCUT2D eigenvalue weighted by Gasteiger charge is -2.32. The molecule has 0 radical (unpaired) electrons. The minimum Gasteiger partial charge on any atom is -0.492 e. The first-order chi connectivity index (χ1) is 44.0. The van der Waals surface area contributed by atoms with Crippen molar-refractivity contribution in [1.29, 1.82) is 5.26 Å². The molecule has 4 aromatic rings. The SMILES string of the molecule is Cc1nc(-c2ccc(CSSC(C)C)cc2)ncc1C(=O)N[C@@H](CCN)C(=O)N(C)[C@@H]1C(=O)N[C@@H](C)C(=O)N[C@H](C(=O)NCC#N)Cc2ccc(OCCN)c(c2)-c2cc1ccc2OCCN.O=C(O)C(F)(F)F.O=C(O)C(F)(F)F.O=C(O)C(F)(F)F.O=C(O)C(F)(F)F. The van der Waals surface area contributed by atoms with Crippen molar-refractivity contribution >= 4 is 75.0 Å². The Bertz CT molecular complexity index is 3230. The van der Waals surface area contributed by atoms with Crippen molar-refractivity contribution in [2.45, 2.75) is 100 Å². The number of fused-ring (bicyclic) bond motifs is 5. The molecule has 0 unspecified atom stereocenters. The highest BCUT2D eigenvalue weighted by Gasteiger charge is 2.41. The second kappa shape index (κ2) is 38.9. The third-order valence-electron chi connectivity index (χ3n) is 11.5. The average molecular weight is 1410 g/mol. The number of aryl methyl sites for hydroxylation is 1. The van der Waals surface area contributed by atoms with Crippen molar-refractivity contribution in [3.8, 4) is 40.1 Å². The molecule has 0 aliphatic carbocycles. The van der Waals surface area contributed by atoms with Crippen LogP contribution in [-0.2, 0) is 50.5 Å². The van der Waals surface area contributed by atoms with E-state index in [0.717, 1.165) is 16.9 Å². The molecule has 3 aromatic carbocycles. The number of ether oxygens (including phenoxy) is 2. The maximum atomic E-state index is 14.7. The van der Waals surface area contributed by atoms with Gasteiger partial charge in [-0.2, -0.15) is 57.9 Å². The molecule has 0 saturated carbocycles. The van der Waals surface area contributed by atoms with Gasteiger partial charge in [-0.3, -0.25) is 24.0 Å². The molecule has 1 aliphatic heterocycles. The zero-order valence-corrected chi connectivity index (χ0v) is 51.9. The van der Waals surface area contributed by atoms with Crippen molar-refractivity contribution in [3.05, 3.63) is 94.8 Å². The Morgan fingerprint density at radius 3 is 1.66 bits per heavy atom. The lowest BCUT2D eigenvalue weighted by molar-refractivity contribution is -0.193. The van der Waals surface area contributed by atoms with Gasteiger partial charge in [0.2, 0.25) is 23.6 Å². The van der Waals surface area contributed by atoms with Crippen LogP contribution in [0.1, 0.15) is 66.0 Å². The van der Waals surface area contributed by atoms with Crippen LogP contribution in [0.25, 0.3) is 22.5 Å². The number of nitriles is 1. The van der Waals surface area contributed by atoms with Crippen LogP contribution in [0.4, 0.5) is 52.7 Å². The van der Waals surface area contributed by atoms with E-state index >= 15 is 0 Å². The molecule has 1 aromatic heterocycles. The van der Waals surface area contributed by atoms with E-state index in [1.54, 1.807) is 54.1 Å². The van der Waals surface area contributed by atoms with Crippen LogP contribution in [0.5, 0.6) is 11.5 Å². The zero-order chi connectivity index (χ0) is 72.9. The Balaban J connectivity index is 0.00000133. The minimum atomic E-state index is -5.08. The van der Waals surface area contributed by atoms with Gasteiger partial charge in [0.15, 0.2) is 5.82 Å². The molecule has 2 heterocycles. The highest BCUT2D eigenvalue weighted by atomic mass is 33.1. The first-order valence-corrected chi connectivity index (χ1v) is 29.2. The number of nitrogens with one attached hydrogen (secondary N) is 4. The third kappa shape index (κ3) is 29.3. The number of benzene rings is 3. The fourth-order valence-electron chi connectivity index (χ4n) is 7.18. The Labute approximate surface area is 539 Å². The maximum absolute atomic E-state index is 14.7. The number of halogens is 12. The van der Waals surface area contributed by atoms with Gasteiger partial charge >= 0.3 is 48.6 Å². The summed E-state index contributed by atoms with van der Waals surface area (Å²) in [6.07, 6.45) is -18.9. The normalized spacial score (nSPS) is 14.9. The second-order valence-corrected chi connectivity index (χ2v) is 22.1. The number of nitrogens with two attached hydrogens (primary N) is 3. The molecule has 0 fully saturated rings. The van der Waals surface area contributed by atoms with Crippen LogP contribution >= 0.6 is 21.6 Å². The Morgan fingerprint density at radius 1 is 0.737 bits per heavy atom. The molecule has 524 valence electrons. The van der Waals surface area contributed by atoms with Crippen molar-refractivity contribution in [1.82, 2.24) is 36.1 Å². The van der Waals surface area contributed by atoms with Crippen molar-refractivity contribution in [3.63, 3.8) is 0 Å². The molecule has 14 N–H and O–H groups in total. The Morgan fingerprint density at radius 2 is 1.22 bits per heavy atom. The number of hydrogen-bond acceptors (Lipinski definition) is 19. The molecule has 26 nitrogen and oxygen atoms in total. The van der Waals surface area contributed by atoms with Crippen molar-refractivity contribution in [2.75, 3.05) is 46.4 Å². The van der Waals surface area contributed by atoms with Crippen LogP contribution in [0.3, 0.4) is 0 Å². The third-order valence-corrected chi connectivity index (χ3v) is 14.4. The molecule has 0 saturated heterocycles. The summed E-state index contributed by atoms with van der Waals surface area (Å²) in [4.78, 5) is 116. The number of aliphatic carboxylic acids is 4. The highest BCUT2D eigenvalue weighted by Crippen LogP contribution is 2.40. The summed E-state index contributed by atoms with van der Waals surface area (Å²) in [6, 6.07) is 15.0. The van der Waals surface area contributed by atoms with E-state index in [1.165, 1.54) is 25.1 Å². The highest BCUT2D eigenvalue weighted by molar-refractivity contribution is 8.76. The maximum Gasteiger partial charge on any atom is 0.490 e. The van der Waals surface area contributed by atoms with Crippen LogP contribution in [0.15, 0.2) is 66.9 Å². The van der Waals surface area contributed by atoms with Gasteiger partial charge in [0.1, 0.15) is 55.4 Å². The van der Waals surface area contributed by atoms with E-state index in [9.17, 15) is 76.7 Å². The quantitative estimate of drug-likeness (QED) is 0.0316. The predicted octanol–water partition coefficient (Wildman–Crippen LogP) is 5.45. The van der Waals surface area contributed by atoms with Crippen LogP contribution in [0, 0.1) is 18.3 Å². The number of likely N-dealkylation sites (N-methyl/N-ethyl adjacent to an activating group) is 1. The predicted molar refractivity (Wildman–Crippen MR) is 314 cm³/mol. The number of rotatable bonds is 19. The van der Waals surface area contributed by atoms with E-state index in [-0.39, 0.29) is 57.8 Å². The van der Waals surface area contributed by atoms with E-state index in [0.29, 0.717) is 50.5 Å². The van der Waals surface area contributed by atoms with Crippen LogP contribution in [0.2, 0.25) is 0 Å². The Kier molecular flexibility index (Phi) is 34.3. The first kappa shape index (κ1) is 83.8. The lowest BCUT2D eigenvalue weighted by Crippen LogP contribution is -2.56. The molecule has 4 bridgehead atoms. The number of carbonyl (C=O) groups is 9. The molecular formula is C55H63F12N11O15S2. The van der Waals surface area contributed by atoms with Gasteiger partial charge in [0.25, 0.3) is 5.91 Å². The van der Waals surface area contributed by atoms with Crippen LogP contribution in [-0.4, -0.2) is 183 Å². The molecular weight excluding hydrogens is 1350 g/mol. The number of carboxylic acid groups (broad SMARTS) is 4. The molecule has 40 heteroatoms. The summed E-state index contributed by atoms with van der Waals surface area (Å²) < 4.78 is 139. The summed E-state index contributed by atoms with van der Waals surface area (Å²) in [5.74, 6) is -12.3. The average Bonchev–Trinajstić information content (AvgIpc) is 0.784. The minimum absolute atomic E-state index is 0.0000297. The number of carboxylic acids is 4. The number of alkyl halides is 12. The topological polar surface area (TPSA) is 432 Å². The largest absolute Gasteiger partial charge is 0.492 e. The lowest BCUT2D eigenvalue weighted by atomic mass is 9.93. The molecule has 1 aliphatic rings. The fraction of sp³-hybridized carbons (Fsp3) is 0.418. The Hall–Kier alpha value is -9.20. The van der Waals surface area contributed by atoms with Crippen LogP contribution < -0.4 is 47.9 Å². The summed E-state index contributed by atoms with van der Waals surface area (Å²) >= 11 is 0. The van der Waals surface area contributed by atoms with Gasteiger partial charge in [-0.1, -0.05) is 71.8 Å². The first-order valence-electron chi connectivity index (χ1n) is 26.8. The number of aromatic nitrogens is 2. The van der Waals surface area contributed by atoms with Crippen molar-refractivity contribution < 1.29 is 126 Å². The van der Waals surface area contributed by atoms with Gasteiger partial charge in [-0.25, -0.2) is 29.1 Å². The van der Waals surface area contributed by atoms with Gasteiger partial charge in [0.05, 0.1) is 17.3 Å². The number of nitrogens with zero attached hydrogens (tertiary/aromatic N) is 4. The smallest absolute Gasteiger partial charge is 0.490 e. The number of carbonyl (C=O) groups excluding carboxylic acids is 5. The monoisotopic (exact) mass is 1410 g/mol. The van der Waals surface area contributed by atoms with Gasteiger partial charge < -0.3 is 73.3 Å². The zero-order valence-electron chi connectivity index (χ0n) is 50.3. The van der Waals surface area contributed by atoms with E-state index in [2.05, 4.69) is 45.1 Å². The summed E-state index contributed by atoms with van der Waals surface area (Å²) in [6.45, 7) is 7.79. The summed E-state index contributed by atoms with van der Waals surface area (Å²) in [5.41, 5.74) is 22.0. The molecule has 4 atom stereocenters. The van der Waals surface area contributed by atoms with Gasteiger partial charge in [0, 0.05) is 60.4 Å². The molecule has 95 heavy (non-hydrogen) atoms. The van der Waals surface area contributed by atoms with Gasteiger partial charge in [-0.05, 0) is 67.8 Å². The molecule has 5 amide bonds. The standard InChI is InChI=1S/C47H59N11O7S2.4C2HF3O2/c1-27(2)67-66-26-30-6-9-32(10-7-30)42-53-25-36(28(3)54-42)44(60)56-37(14-15-48)47(63)58(5)41-33-11-13-40(65-21-18-51)35(24-33)34-22-31(8-12-39(34)64-20-17-50)23-38(45(61)52-19-16-49)57-43(59)29(4)55-46(41)62;4*3-2(4,5)1(6)7/h6-13,22,24-25,27,29,37-38,41H,14-15,17-21,23,26,48,50-51H2,1-5H3,(H,52,61)(H,55,62)(H,56,60)(H,57,59);4*(H,6,7)/t29-,37-,38-,41-;;;;/m0..../s1. The number of hydrogen-bond donors (Lipinski definition) is 11. The summed E-state index contributed by atoms with van der Waals surface area (Å²) in [7, 11) is 5.02. The van der Waals surface area contributed by atoms with E-state index < -0.39 is 102 Å².